The predicted octanol–water partition coefficient (Wildman–Crippen LogP) is 4.29. The Hall–Kier alpha value is -1.55. The molecule has 102 valence electrons. The number of anilines is 1. The molecule has 2 rings (SSSR count). The second-order valence-corrected chi connectivity index (χ2v) is 4.92. The SMILES string of the molecule is CCC(CC)n1cc(N)c(-c2ccc(F)c(Cl)c2)n1. The van der Waals surface area contributed by atoms with Crippen molar-refractivity contribution >= 4 is 17.3 Å². The molecule has 1 aromatic heterocycles. The van der Waals surface area contributed by atoms with E-state index in [1.54, 1.807) is 12.1 Å². The Balaban J connectivity index is 2.42. The van der Waals surface area contributed by atoms with Gasteiger partial charge in [-0.15, -0.1) is 0 Å². The summed E-state index contributed by atoms with van der Waals surface area (Å²) in [6.45, 7) is 4.22. The Kier molecular flexibility index (Phi) is 4.10. The minimum Gasteiger partial charge on any atom is -0.396 e. The van der Waals surface area contributed by atoms with Crippen LogP contribution in [-0.4, -0.2) is 9.78 Å². The van der Waals surface area contributed by atoms with Gasteiger partial charge in [-0.1, -0.05) is 25.4 Å². The molecule has 1 aromatic carbocycles. The summed E-state index contributed by atoms with van der Waals surface area (Å²) in [7, 11) is 0. The van der Waals surface area contributed by atoms with Gasteiger partial charge >= 0.3 is 0 Å². The van der Waals surface area contributed by atoms with E-state index in [-0.39, 0.29) is 5.02 Å². The van der Waals surface area contributed by atoms with Crippen LogP contribution in [0, 0.1) is 5.82 Å². The summed E-state index contributed by atoms with van der Waals surface area (Å²) in [6.07, 6.45) is 3.80. The number of hydrogen-bond acceptors (Lipinski definition) is 2. The van der Waals surface area contributed by atoms with E-state index >= 15 is 0 Å². The lowest BCUT2D eigenvalue weighted by atomic mass is 10.1. The molecule has 2 aromatic rings. The third kappa shape index (κ3) is 2.73. The van der Waals surface area contributed by atoms with Crippen molar-refractivity contribution in [3.05, 3.63) is 35.2 Å². The van der Waals surface area contributed by atoms with E-state index in [0.29, 0.717) is 17.4 Å². The minimum atomic E-state index is -0.441. The molecular weight excluding hydrogens is 265 g/mol. The Morgan fingerprint density at radius 2 is 2.05 bits per heavy atom. The van der Waals surface area contributed by atoms with Gasteiger partial charge in [-0.05, 0) is 31.0 Å². The standard InChI is InChI=1S/C14H17ClFN3/c1-3-10(4-2)19-8-13(17)14(18-19)9-5-6-12(16)11(15)7-9/h5-8,10H,3-4,17H2,1-2H3. The fourth-order valence-corrected chi connectivity index (χ4v) is 2.30. The third-order valence-electron chi connectivity index (χ3n) is 3.27. The van der Waals surface area contributed by atoms with E-state index in [4.69, 9.17) is 17.3 Å². The summed E-state index contributed by atoms with van der Waals surface area (Å²) in [4.78, 5) is 0. The van der Waals surface area contributed by atoms with E-state index in [0.717, 1.165) is 18.4 Å². The lowest BCUT2D eigenvalue weighted by Crippen LogP contribution is -2.07. The molecule has 0 saturated heterocycles. The van der Waals surface area contributed by atoms with Gasteiger partial charge in [-0.25, -0.2) is 4.39 Å². The van der Waals surface area contributed by atoms with Gasteiger partial charge in [0, 0.05) is 11.8 Å². The number of nitrogen functional groups attached to an aromatic ring is 1. The molecule has 3 nitrogen and oxygen atoms in total. The topological polar surface area (TPSA) is 43.8 Å². The summed E-state index contributed by atoms with van der Waals surface area (Å²) >= 11 is 5.79. The molecule has 0 saturated carbocycles. The lowest BCUT2D eigenvalue weighted by molar-refractivity contribution is 0.429. The van der Waals surface area contributed by atoms with Crippen LogP contribution in [0.5, 0.6) is 0 Å². The van der Waals surface area contributed by atoms with Crippen LogP contribution < -0.4 is 5.73 Å². The van der Waals surface area contributed by atoms with Gasteiger partial charge in [0.25, 0.3) is 0 Å². The number of nitrogens with two attached hydrogens (primary N) is 1. The van der Waals surface area contributed by atoms with Gasteiger partial charge in [-0.2, -0.15) is 5.10 Å². The number of aromatic nitrogens is 2. The molecule has 0 aliphatic rings. The fraction of sp³-hybridized carbons (Fsp3) is 0.357. The van der Waals surface area contributed by atoms with Crippen molar-refractivity contribution in [3.8, 4) is 11.3 Å². The number of hydrogen-bond donors (Lipinski definition) is 1. The second kappa shape index (κ2) is 5.61. The highest BCUT2D eigenvalue weighted by Crippen LogP contribution is 2.29. The molecule has 0 spiro atoms. The maximum absolute atomic E-state index is 13.2. The van der Waals surface area contributed by atoms with Crippen molar-refractivity contribution in [2.75, 3.05) is 5.73 Å². The Morgan fingerprint density at radius 3 is 2.63 bits per heavy atom. The number of benzene rings is 1. The van der Waals surface area contributed by atoms with Gasteiger partial charge in [0.2, 0.25) is 0 Å². The zero-order valence-corrected chi connectivity index (χ0v) is 11.8. The zero-order chi connectivity index (χ0) is 14.0. The highest BCUT2D eigenvalue weighted by atomic mass is 35.5. The molecule has 0 aliphatic heterocycles. The van der Waals surface area contributed by atoms with E-state index in [9.17, 15) is 4.39 Å². The van der Waals surface area contributed by atoms with E-state index in [1.165, 1.54) is 6.07 Å². The molecule has 0 radical (unpaired) electrons. The first kappa shape index (κ1) is 13.9. The van der Waals surface area contributed by atoms with Crippen molar-refractivity contribution in [3.63, 3.8) is 0 Å². The normalized spacial score (nSPS) is 11.2. The third-order valence-corrected chi connectivity index (χ3v) is 3.56. The van der Waals surface area contributed by atoms with Crippen LogP contribution in [0.4, 0.5) is 10.1 Å². The van der Waals surface area contributed by atoms with E-state index in [2.05, 4.69) is 18.9 Å². The largest absolute Gasteiger partial charge is 0.396 e. The molecule has 1 heterocycles. The maximum Gasteiger partial charge on any atom is 0.141 e. The van der Waals surface area contributed by atoms with Crippen LogP contribution in [-0.2, 0) is 0 Å². The molecule has 0 atom stereocenters. The van der Waals surface area contributed by atoms with Crippen LogP contribution >= 0.6 is 11.6 Å². The van der Waals surface area contributed by atoms with Crippen LogP contribution in [0.15, 0.2) is 24.4 Å². The zero-order valence-electron chi connectivity index (χ0n) is 11.0. The average molecular weight is 282 g/mol. The second-order valence-electron chi connectivity index (χ2n) is 4.51. The van der Waals surface area contributed by atoms with Gasteiger partial charge in [0.1, 0.15) is 11.5 Å². The molecule has 5 heteroatoms. The van der Waals surface area contributed by atoms with Crippen molar-refractivity contribution < 1.29 is 4.39 Å². The van der Waals surface area contributed by atoms with Crippen molar-refractivity contribution in [1.82, 2.24) is 9.78 Å². The highest BCUT2D eigenvalue weighted by Gasteiger charge is 2.14. The summed E-state index contributed by atoms with van der Waals surface area (Å²) in [5, 5.41) is 4.58. The summed E-state index contributed by atoms with van der Waals surface area (Å²) in [6, 6.07) is 4.84. The summed E-state index contributed by atoms with van der Waals surface area (Å²) < 4.78 is 15.0. The first-order chi connectivity index (χ1) is 9.06. The lowest BCUT2D eigenvalue weighted by Gasteiger charge is -2.12. The van der Waals surface area contributed by atoms with Gasteiger partial charge in [0.05, 0.1) is 16.8 Å². The molecule has 0 fully saturated rings. The smallest absolute Gasteiger partial charge is 0.141 e. The highest BCUT2D eigenvalue weighted by molar-refractivity contribution is 6.31. The average Bonchev–Trinajstić information content (AvgIpc) is 2.76. The number of nitrogens with zero attached hydrogens (tertiary/aromatic N) is 2. The quantitative estimate of drug-likeness (QED) is 0.909. The van der Waals surface area contributed by atoms with E-state index < -0.39 is 5.82 Å². The van der Waals surface area contributed by atoms with Crippen LogP contribution in [0.1, 0.15) is 32.7 Å². The van der Waals surface area contributed by atoms with Gasteiger partial charge in [0.15, 0.2) is 0 Å². The van der Waals surface area contributed by atoms with E-state index in [1.807, 2.05) is 10.9 Å². The predicted molar refractivity (Wildman–Crippen MR) is 76.7 cm³/mol. The maximum atomic E-state index is 13.2. The number of rotatable bonds is 4. The van der Waals surface area contributed by atoms with Crippen molar-refractivity contribution in [2.45, 2.75) is 32.7 Å². The first-order valence-corrected chi connectivity index (χ1v) is 6.74. The van der Waals surface area contributed by atoms with Crippen molar-refractivity contribution in [2.24, 2.45) is 0 Å². The first-order valence-electron chi connectivity index (χ1n) is 6.36. The molecule has 2 N–H and O–H groups in total. The number of halogens is 2. The Labute approximate surface area is 117 Å². The molecular formula is C14H17ClFN3. The minimum absolute atomic E-state index is 0.0778. The fourth-order valence-electron chi connectivity index (χ4n) is 2.12. The monoisotopic (exact) mass is 281 g/mol. The Morgan fingerprint density at radius 1 is 1.37 bits per heavy atom. The molecule has 0 amide bonds. The summed E-state index contributed by atoms with van der Waals surface area (Å²) in [5.41, 5.74) is 7.94. The summed E-state index contributed by atoms with van der Waals surface area (Å²) in [5.74, 6) is -0.441. The molecule has 0 aliphatic carbocycles. The Bertz CT molecular complexity index is 576. The van der Waals surface area contributed by atoms with Crippen LogP contribution in [0.2, 0.25) is 5.02 Å². The molecule has 0 unspecified atom stereocenters. The van der Waals surface area contributed by atoms with Crippen molar-refractivity contribution in [1.29, 1.82) is 0 Å². The molecule has 0 bridgehead atoms. The van der Waals surface area contributed by atoms with Gasteiger partial charge in [-0.3, -0.25) is 4.68 Å². The molecule has 19 heavy (non-hydrogen) atoms. The van der Waals surface area contributed by atoms with Crippen LogP contribution in [0.25, 0.3) is 11.3 Å². The van der Waals surface area contributed by atoms with Gasteiger partial charge < -0.3 is 5.73 Å². The van der Waals surface area contributed by atoms with Crippen LogP contribution in [0.3, 0.4) is 0 Å².